The summed E-state index contributed by atoms with van der Waals surface area (Å²) in [6.45, 7) is 1.38. The summed E-state index contributed by atoms with van der Waals surface area (Å²) in [5.74, 6) is -0.117. The molecule has 1 saturated heterocycles. The van der Waals surface area contributed by atoms with E-state index < -0.39 is 0 Å². The molecule has 100 valence electrons. The van der Waals surface area contributed by atoms with E-state index >= 15 is 0 Å². The van der Waals surface area contributed by atoms with E-state index in [-0.39, 0.29) is 12.0 Å². The van der Waals surface area contributed by atoms with Gasteiger partial charge in [-0.1, -0.05) is 0 Å². The molecule has 0 radical (unpaired) electrons. The van der Waals surface area contributed by atoms with Gasteiger partial charge in [-0.25, -0.2) is 4.98 Å². The Kier molecular flexibility index (Phi) is 3.91. The lowest BCUT2D eigenvalue weighted by Gasteiger charge is -2.09. The van der Waals surface area contributed by atoms with E-state index in [1.54, 1.807) is 16.7 Å². The van der Waals surface area contributed by atoms with Gasteiger partial charge in [-0.05, 0) is 24.3 Å². The first-order chi connectivity index (χ1) is 9.33. The highest BCUT2D eigenvalue weighted by molar-refractivity contribution is 7.14. The van der Waals surface area contributed by atoms with Crippen LogP contribution in [0.5, 0.6) is 0 Å². The zero-order valence-electron chi connectivity index (χ0n) is 10.3. The molecule has 1 aliphatic rings. The van der Waals surface area contributed by atoms with Crippen LogP contribution in [0.4, 0.5) is 0 Å². The summed E-state index contributed by atoms with van der Waals surface area (Å²) in [6, 6.07) is 2.01. The Labute approximate surface area is 119 Å². The molecule has 3 heterocycles. The second-order valence-electron chi connectivity index (χ2n) is 4.39. The summed E-state index contributed by atoms with van der Waals surface area (Å²) in [4.78, 5) is 16.3. The fourth-order valence-electron chi connectivity index (χ4n) is 2.00. The van der Waals surface area contributed by atoms with E-state index in [0.29, 0.717) is 12.2 Å². The number of carbonyl (C=O) groups excluding carboxylic acids is 1. The lowest BCUT2D eigenvalue weighted by Crippen LogP contribution is -2.31. The van der Waals surface area contributed by atoms with Gasteiger partial charge in [-0.15, -0.1) is 11.3 Å². The zero-order chi connectivity index (χ0) is 13.1. The third kappa shape index (κ3) is 3.02. The number of hydrogen-bond acceptors (Lipinski definition) is 5. The van der Waals surface area contributed by atoms with Gasteiger partial charge in [0.1, 0.15) is 10.7 Å². The van der Waals surface area contributed by atoms with Gasteiger partial charge in [0.05, 0.1) is 6.10 Å². The quantitative estimate of drug-likeness (QED) is 0.943. The van der Waals surface area contributed by atoms with Crippen LogP contribution in [-0.2, 0) is 4.74 Å². The van der Waals surface area contributed by atoms with E-state index in [1.165, 1.54) is 11.3 Å². The van der Waals surface area contributed by atoms with Gasteiger partial charge >= 0.3 is 0 Å². The Bertz CT molecular complexity index is 545. The van der Waals surface area contributed by atoms with Crippen molar-refractivity contribution >= 4 is 28.6 Å². The molecule has 1 aliphatic heterocycles. The molecule has 0 saturated carbocycles. The van der Waals surface area contributed by atoms with E-state index in [2.05, 4.69) is 10.3 Å². The molecule has 1 fully saturated rings. The average molecular weight is 294 g/mol. The normalized spacial score (nSPS) is 18.6. The van der Waals surface area contributed by atoms with Crippen LogP contribution in [0, 0.1) is 0 Å². The van der Waals surface area contributed by atoms with Crippen molar-refractivity contribution in [3.05, 3.63) is 27.9 Å². The Morgan fingerprint density at radius 3 is 3.21 bits per heavy atom. The van der Waals surface area contributed by atoms with Crippen LogP contribution in [0.3, 0.4) is 0 Å². The minimum atomic E-state index is -0.117. The van der Waals surface area contributed by atoms with Crippen molar-refractivity contribution in [2.75, 3.05) is 13.2 Å². The van der Waals surface area contributed by atoms with E-state index in [0.717, 1.165) is 30.0 Å². The van der Waals surface area contributed by atoms with Crippen LogP contribution >= 0.6 is 22.7 Å². The third-order valence-electron chi connectivity index (χ3n) is 3.02. The van der Waals surface area contributed by atoms with Crippen molar-refractivity contribution in [1.29, 1.82) is 0 Å². The first-order valence-electron chi connectivity index (χ1n) is 6.21. The van der Waals surface area contributed by atoms with Crippen molar-refractivity contribution in [2.45, 2.75) is 18.9 Å². The molecule has 0 bridgehead atoms. The van der Waals surface area contributed by atoms with Crippen molar-refractivity contribution in [2.24, 2.45) is 0 Å². The number of thiazole rings is 1. The Morgan fingerprint density at radius 2 is 2.47 bits per heavy atom. The molecule has 6 heteroatoms. The number of ether oxygens (including phenoxy) is 1. The van der Waals surface area contributed by atoms with Crippen molar-refractivity contribution < 1.29 is 9.53 Å². The molecule has 1 amide bonds. The minimum absolute atomic E-state index is 0.117. The number of amides is 1. The highest BCUT2D eigenvalue weighted by Crippen LogP contribution is 2.25. The van der Waals surface area contributed by atoms with E-state index in [1.807, 2.05) is 16.8 Å². The molecule has 1 unspecified atom stereocenters. The van der Waals surface area contributed by atoms with Crippen LogP contribution in [-0.4, -0.2) is 30.1 Å². The van der Waals surface area contributed by atoms with Crippen molar-refractivity contribution in [1.82, 2.24) is 10.3 Å². The lowest BCUT2D eigenvalue weighted by molar-refractivity contribution is 0.0854. The second kappa shape index (κ2) is 5.81. The number of thiophene rings is 1. The average Bonchev–Trinajstić information content (AvgIpc) is 3.14. The molecular formula is C13H14N2O2S2. The minimum Gasteiger partial charge on any atom is -0.376 e. The van der Waals surface area contributed by atoms with E-state index in [9.17, 15) is 4.79 Å². The van der Waals surface area contributed by atoms with Crippen LogP contribution in [0.15, 0.2) is 22.2 Å². The Hall–Kier alpha value is -1.24. The van der Waals surface area contributed by atoms with Crippen molar-refractivity contribution in [3.8, 4) is 10.6 Å². The summed E-state index contributed by atoms with van der Waals surface area (Å²) in [6.07, 6.45) is 2.27. The highest BCUT2D eigenvalue weighted by atomic mass is 32.1. The molecule has 0 spiro atoms. The SMILES string of the molecule is O=C(NCC1CCCO1)c1csc(-c2ccsc2)n1. The fraction of sp³-hybridized carbons (Fsp3) is 0.385. The van der Waals surface area contributed by atoms with Gasteiger partial charge in [-0.2, -0.15) is 11.3 Å². The summed E-state index contributed by atoms with van der Waals surface area (Å²) in [7, 11) is 0. The van der Waals surface area contributed by atoms with Gasteiger partial charge in [0, 0.05) is 29.5 Å². The largest absolute Gasteiger partial charge is 0.376 e. The molecule has 1 N–H and O–H groups in total. The molecule has 4 nitrogen and oxygen atoms in total. The number of nitrogens with zero attached hydrogens (tertiary/aromatic N) is 1. The van der Waals surface area contributed by atoms with Gasteiger partial charge in [-0.3, -0.25) is 4.79 Å². The standard InChI is InChI=1S/C13H14N2O2S2/c16-12(14-6-10-2-1-4-17-10)11-8-19-13(15-11)9-3-5-18-7-9/h3,5,7-8,10H,1-2,4,6H2,(H,14,16). The molecule has 19 heavy (non-hydrogen) atoms. The monoisotopic (exact) mass is 294 g/mol. The molecule has 0 aromatic carbocycles. The Balaban J connectivity index is 1.60. The van der Waals surface area contributed by atoms with Crippen LogP contribution in [0.25, 0.3) is 10.6 Å². The number of hydrogen-bond donors (Lipinski definition) is 1. The van der Waals surface area contributed by atoms with Crippen LogP contribution in [0.2, 0.25) is 0 Å². The summed E-state index contributed by atoms with van der Waals surface area (Å²) >= 11 is 3.13. The first kappa shape index (κ1) is 12.8. The van der Waals surface area contributed by atoms with Gasteiger partial charge in [0.15, 0.2) is 0 Å². The van der Waals surface area contributed by atoms with Crippen LogP contribution in [0.1, 0.15) is 23.3 Å². The number of rotatable bonds is 4. The molecule has 3 rings (SSSR count). The molecule has 2 aromatic rings. The van der Waals surface area contributed by atoms with Gasteiger partial charge in [0.2, 0.25) is 0 Å². The maximum atomic E-state index is 12.0. The van der Waals surface area contributed by atoms with Crippen LogP contribution < -0.4 is 5.32 Å². The third-order valence-corrected chi connectivity index (χ3v) is 4.59. The van der Waals surface area contributed by atoms with Crippen molar-refractivity contribution in [3.63, 3.8) is 0 Å². The maximum absolute atomic E-state index is 12.0. The van der Waals surface area contributed by atoms with Gasteiger partial charge < -0.3 is 10.1 Å². The maximum Gasteiger partial charge on any atom is 0.270 e. The highest BCUT2D eigenvalue weighted by Gasteiger charge is 2.18. The predicted octanol–water partition coefficient (Wildman–Crippen LogP) is 2.78. The van der Waals surface area contributed by atoms with E-state index in [4.69, 9.17) is 4.74 Å². The fourth-order valence-corrected chi connectivity index (χ4v) is 3.51. The smallest absolute Gasteiger partial charge is 0.270 e. The summed E-state index contributed by atoms with van der Waals surface area (Å²) in [5, 5.41) is 9.62. The topological polar surface area (TPSA) is 51.2 Å². The molecule has 2 aromatic heterocycles. The molecule has 0 aliphatic carbocycles. The van der Waals surface area contributed by atoms with Gasteiger partial charge in [0.25, 0.3) is 5.91 Å². The molecule has 1 atom stereocenters. The summed E-state index contributed by atoms with van der Waals surface area (Å²) in [5.41, 5.74) is 1.57. The summed E-state index contributed by atoms with van der Waals surface area (Å²) < 4.78 is 5.47. The Morgan fingerprint density at radius 1 is 1.53 bits per heavy atom. The number of carbonyl (C=O) groups is 1. The number of aromatic nitrogens is 1. The molecular weight excluding hydrogens is 280 g/mol. The second-order valence-corrected chi connectivity index (χ2v) is 6.03. The zero-order valence-corrected chi connectivity index (χ0v) is 11.9. The number of nitrogens with one attached hydrogen (secondary N) is 1. The first-order valence-corrected chi connectivity index (χ1v) is 8.03. The predicted molar refractivity (Wildman–Crippen MR) is 76.7 cm³/mol. The lowest BCUT2D eigenvalue weighted by atomic mass is 10.2.